The molecule has 2 amide bonds. The summed E-state index contributed by atoms with van der Waals surface area (Å²) in [6.45, 7) is 0. The molecule has 180 valence electrons. The van der Waals surface area contributed by atoms with Gasteiger partial charge in [0.2, 0.25) is 5.91 Å². The highest BCUT2D eigenvalue weighted by molar-refractivity contribution is 6.31. The molecule has 3 aromatic carbocycles. The van der Waals surface area contributed by atoms with Crippen molar-refractivity contribution in [3.8, 4) is 17.2 Å². The molecule has 5 rings (SSSR count). The minimum Gasteiger partial charge on any atom is -0.496 e. The Kier molecular flexibility index (Phi) is 6.00. The van der Waals surface area contributed by atoms with Crippen molar-refractivity contribution in [2.75, 3.05) is 31.3 Å². The SMILES string of the molecule is COc1cc(OC)c([C@H]2[C@H]3C(=O)N(c4cccc(Cl)c4)C(=O)[C@@H]3ON2c2ccccc2)cc1OC. The van der Waals surface area contributed by atoms with Crippen molar-refractivity contribution in [3.05, 3.63) is 77.3 Å². The Labute approximate surface area is 207 Å². The second-order valence-electron chi connectivity index (χ2n) is 8.10. The van der Waals surface area contributed by atoms with Crippen LogP contribution in [-0.2, 0) is 14.4 Å². The molecule has 2 aliphatic rings. The zero-order valence-electron chi connectivity index (χ0n) is 19.3. The van der Waals surface area contributed by atoms with E-state index in [1.54, 1.807) is 41.5 Å². The number of amides is 2. The van der Waals surface area contributed by atoms with Gasteiger partial charge in [-0.2, -0.15) is 0 Å². The van der Waals surface area contributed by atoms with Gasteiger partial charge in [0.1, 0.15) is 17.7 Å². The lowest BCUT2D eigenvalue weighted by molar-refractivity contribution is -0.126. The number of ether oxygens (including phenoxy) is 3. The quantitative estimate of drug-likeness (QED) is 0.469. The third-order valence-electron chi connectivity index (χ3n) is 6.25. The van der Waals surface area contributed by atoms with Crippen LogP contribution in [0.2, 0.25) is 5.02 Å². The molecule has 0 saturated carbocycles. The van der Waals surface area contributed by atoms with Gasteiger partial charge in [-0.05, 0) is 36.4 Å². The molecule has 0 radical (unpaired) electrons. The van der Waals surface area contributed by atoms with E-state index in [2.05, 4.69) is 0 Å². The Hall–Kier alpha value is -3.75. The van der Waals surface area contributed by atoms with Crippen LogP contribution in [0.25, 0.3) is 0 Å². The van der Waals surface area contributed by atoms with Crippen molar-refractivity contribution < 1.29 is 28.6 Å². The van der Waals surface area contributed by atoms with E-state index in [0.29, 0.717) is 39.2 Å². The number of carbonyl (C=O) groups excluding carboxylic acids is 2. The number of rotatable bonds is 6. The molecule has 35 heavy (non-hydrogen) atoms. The number of halogens is 1. The first-order valence-corrected chi connectivity index (χ1v) is 11.3. The summed E-state index contributed by atoms with van der Waals surface area (Å²) in [5.41, 5.74) is 1.71. The molecule has 2 saturated heterocycles. The molecule has 0 aliphatic carbocycles. The summed E-state index contributed by atoms with van der Waals surface area (Å²) in [7, 11) is 4.59. The Balaban J connectivity index is 1.66. The van der Waals surface area contributed by atoms with E-state index >= 15 is 0 Å². The van der Waals surface area contributed by atoms with Gasteiger partial charge in [0.25, 0.3) is 5.91 Å². The van der Waals surface area contributed by atoms with Crippen molar-refractivity contribution >= 4 is 34.8 Å². The Morgan fingerprint density at radius 1 is 0.771 bits per heavy atom. The van der Waals surface area contributed by atoms with E-state index < -0.39 is 24.0 Å². The Bertz CT molecular complexity index is 1280. The first-order valence-electron chi connectivity index (χ1n) is 10.9. The number of fused-ring (bicyclic) bond motifs is 1. The highest BCUT2D eigenvalue weighted by atomic mass is 35.5. The van der Waals surface area contributed by atoms with E-state index in [0.717, 1.165) is 4.90 Å². The number of nitrogens with zero attached hydrogens (tertiary/aromatic N) is 2. The maximum atomic E-state index is 13.8. The number of hydrogen-bond donors (Lipinski definition) is 0. The van der Waals surface area contributed by atoms with Crippen LogP contribution in [0.1, 0.15) is 11.6 Å². The summed E-state index contributed by atoms with van der Waals surface area (Å²) in [4.78, 5) is 34.6. The van der Waals surface area contributed by atoms with Gasteiger partial charge in [0.05, 0.1) is 32.7 Å². The summed E-state index contributed by atoms with van der Waals surface area (Å²) in [5.74, 6) is -0.270. The molecule has 9 heteroatoms. The predicted molar refractivity (Wildman–Crippen MR) is 130 cm³/mol. The van der Waals surface area contributed by atoms with Crippen LogP contribution < -0.4 is 24.2 Å². The number of imide groups is 1. The monoisotopic (exact) mass is 494 g/mol. The van der Waals surface area contributed by atoms with Gasteiger partial charge in [-0.1, -0.05) is 35.9 Å². The van der Waals surface area contributed by atoms with Crippen LogP contribution in [0.3, 0.4) is 0 Å². The smallest absolute Gasteiger partial charge is 0.266 e. The highest BCUT2D eigenvalue weighted by Crippen LogP contribution is 2.51. The van der Waals surface area contributed by atoms with Gasteiger partial charge in [-0.3, -0.25) is 14.4 Å². The molecule has 8 nitrogen and oxygen atoms in total. The normalized spacial score (nSPS) is 21.3. The average molecular weight is 495 g/mol. The van der Waals surface area contributed by atoms with Crippen molar-refractivity contribution in [2.24, 2.45) is 5.92 Å². The van der Waals surface area contributed by atoms with Gasteiger partial charge in [0, 0.05) is 16.7 Å². The summed E-state index contributed by atoms with van der Waals surface area (Å²) >= 11 is 6.14. The number of para-hydroxylation sites is 1. The zero-order valence-corrected chi connectivity index (χ0v) is 20.1. The number of hydrogen-bond acceptors (Lipinski definition) is 7. The summed E-state index contributed by atoms with van der Waals surface area (Å²) in [6, 6.07) is 18.7. The van der Waals surface area contributed by atoms with E-state index in [-0.39, 0.29) is 5.91 Å². The second-order valence-corrected chi connectivity index (χ2v) is 8.54. The fourth-order valence-electron chi connectivity index (χ4n) is 4.68. The maximum Gasteiger partial charge on any atom is 0.266 e. The second kappa shape index (κ2) is 9.13. The highest BCUT2D eigenvalue weighted by Gasteiger charge is 2.61. The molecule has 0 spiro atoms. The topological polar surface area (TPSA) is 77.5 Å². The largest absolute Gasteiger partial charge is 0.496 e. The zero-order chi connectivity index (χ0) is 24.7. The number of hydroxylamine groups is 1. The van der Waals surface area contributed by atoms with E-state index in [1.165, 1.54) is 21.3 Å². The number of anilines is 2. The van der Waals surface area contributed by atoms with Crippen molar-refractivity contribution in [1.29, 1.82) is 0 Å². The molecule has 0 N–H and O–H groups in total. The lowest BCUT2D eigenvalue weighted by Crippen LogP contribution is -2.37. The molecule has 0 bridgehead atoms. The van der Waals surface area contributed by atoms with Crippen molar-refractivity contribution in [2.45, 2.75) is 12.1 Å². The van der Waals surface area contributed by atoms with Crippen LogP contribution in [0.4, 0.5) is 11.4 Å². The van der Waals surface area contributed by atoms with Crippen LogP contribution in [0, 0.1) is 5.92 Å². The molecule has 0 unspecified atom stereocenters. The molecule has 2 fully saturated rings. The molecule has 2 heterocycles. The summed E-state index contributed by atoms with van der Waals surface area (Å²) in [6.07, 6.45) is -1.02. The Morgan fingerprint density at radius 2 is 1.43 bits per heavy atom. The number of methoxy groups -OCH3 is 3. The molecule has 3 aromatic rings. The van der Waals surface area contributed by atoms with E-state index in [4.69, 9.17) is 30.6 Å². The third kappa shape index (κ3) is 3.75. The van der Waals surface area contributed by atoms with Crippen LogP contribution >= 0.6 is 11.6 Å². The van der Waals surface area contributed by atoms with Gasteiger partial charge < -0.3 is 14.2 Å². The standard InChI is InChI=1S/C26H23ClN2O6/c1-32-19-14-21(34-3)20(33-2)13-18(19)23-22-24(35-29(23)16-9-5-4-6-10-16)26(31)28(25(22)30)17-11-7-8-15(27)12-17/h4-14,22-24H,1-3H3/t22-,23+,24-/m1/s1. The summed E-state index contributed by atoms with van der Waals surface area (Å²) in [5, 5.41) is 2.02. The average Bonchev–Trinajstić information content (AvgIpc) is 3.39. The minimum atomic E-state index is -1.02. The minimum absolute atomic E-state index is 0.387. The van der Waals surface area contributed by atoms with E-state index in [1.807, 2.05) is 30.3 Å². The fraction of sp³-hybridized carbons (Fsp3) is 0.231. The van der Waals surface area contributed by atoms with Crippen molar-refractivity contribution in [3.63, 3.8) is 0 Å². The molecule has 3 atom stereocenters. The van der Waals surface area contributed by atoms with Gasteiger partial charge in [-0.25, -0.2) is 9.96 Å². The Morgan fingerprint density at radius 3 is 2.09 bits per heavy atom. The van der Waals surface area contributed by atoms with E-state index in [9.17, 15) is 9.59 Å². The number of benzene rings is 3. The van der Waals surface area contributed by atoms with Crippen LogP contribution in [-0.4, -0.2) is 39.2 Å². The molecular weight excluding hydrogens is 472 g/mol. The predicted octanol–water partition coefficient (Wildman–Crippen LogP) is 4.42. The van der Waals surface area contributed by atoms with Crippen LogP contribution in [0.15, 0.2) is 66.7 Å². The maximum absolute atomic E-state index is 13.8. The molecule has 0 aromatic heterocycles. The molecule has 2 aliphatic heterocycles. The fourth-order valence-corrected chi connectivity index (χ4v) is 4.87. The van der Waals surface area contributed by atoms with Gasteiger partial charge in [-0.15, -0.1) is 0 Å². The van der Waals surface area contributed by atoms with Gasteiger partial charge in [0.15, 0.2) is 17.6 Å². The lowest BCUT2D eigenvalue weighted by Gasteiger charge is -2.30. The van der Waals surface area contributed by atoms with Crippen LogP contribution in [0.5, 0.6) is 17.2 Å². The number of carbonyl (C=O) groups is 2. The first kappa shape index (κ1) is 23.0. The third-order valence-corrected chi connectivity index (χ3v) is 6.48. The van der Waals surface area contributed by atoms with Crippen molar-refractivity contribution in [1.82, 2.24) is 0 Å². The summed E-state index contributed by atoms with van der Waals surface area (Å²) < 4.78 is 16.6. The van der Waals surface area contributed by atoms with Gasteiger partial charge >= 0.3 is 0 Å². The first-order chi connectivity index (χ1) is 17.0. The lowest BCUT2D eigenvalue weighted by atomic mass is 9.89. The molecular formula is C26H23ClN2O6.